The van der Waals surface area contributed by atoms with E-state index in [0.717, 1.165) is 12.1 Å². The van der Waals surface area contributed by atoms with E-state index < -0.39 is 43.1 Å². The first kappa shape index (κ1) is 26.7. The lowest BCUT2D eigenvalue weighted by Crippen LogP contribution is -2.49. The largest absolute Gasteiger partial charge is 0.573 e. The molecule has 35 heavy (non-hydrogen) atoms. The Labute approximate surface area is 201 Å². The van der Waals surface area contributed by atoms with Crippen molar-refractivity contribution in [2.45, 2.75) is 37.6 Å². The molecule has 1 fully saturated rings. The van der Waals surface area contributed by atoms with E-state index in [0.29, 0.717) is 24.4 Å². The Morgan fingerprint density at radius 3 is 2.43 bits per heavy atom. The van der Waals surface area contributed by atoms with Crippen molar-refractivity contribution < 1.29 is 45.3 Å². The third-order valence-corrected chi connectivity index (χ3v) is 5.19. The molecule has 0 aromatic heterocycles. The van der Waals surface area contributed by atoms with E-state index in [1.807, 2.05) is 0 Å². The van der Waals surface area contributed by atoms with Gasteiger partial charge in [-0.15, -0.1) is 13.2 Å². The molecule has 1 amide bonds. The second kappa shape index (κ2) is 11.3. The molecule has 0 radical (unpaired) electrons. The molecule has 1 saturated heterocycles. The molecular formula is C22H21ClF6N2O4. The average molecular weight is 527 g/mol. The molecule has 0 saturated carbocycles. The molecule has 3 rings (SSSR count). The number of carbonyl (C=O) groups excluding carboxylic acids is 1. The summed E-state index contributed by atoms with van der Waals surface area (Å²) < 4.78 is 92.1. The first-order chi connectivity index (χ1) is 16.4. The van der Waals surface area contributed by atoms with Crippen LogP contribution in [0.3, 0.4) is 0 Å². The lowest BCUT2D eigenvalue weighted by molar-refractivity contribution is -0.274. The topological polar surface area (TPSA) is 60.0 Å². The molecule has 192 valence electrons. The van der Waals surface area contributed by atoms with Gasteiger partial charge in [0.25, 0.3) is 0 Å². The molecule has 1 aliphatic rings. The van der Waals surface area contributed by atoms with Gasteiger partial charge in [0.1, 0.15) is 17.6 Å². The predicted octanol–water partition coefficient (Wildman–Crippen LogP) is 6.26. The Kier molecular flexibility index (Phi) is 8.60. The molecule has 0 bridgehead atoms. The molecule has 1 aliphatic heterocycles. The number of rotatable bonds is 7. The number of hydrogen-bond acceptors (Lipinski definition) is 5. The molecular weight excluding hydrogens is 506 g/mol. The van der Waals surface area contributed by atoms with Crippen LogP contribution in [0, 0.1) is 0 Å². The van der Waals surface area contributed by atoms with Gasteiger partial charge in [0.15, 0.2) is 0 Å². The van der Waals surface area contributed by atoms with Crippen LogP contribution in [0.4, 0.5) is 36.8 Å². The fourth-order valence-electron chi connectivity index (χ4n) is 3.46. The van der Waals surface area contributed by atoms with Crippen LogP contribution in [0.1, 0.15) is 12.8 Å². The summed E-state index contributed by atoms with van der Waals surface area (Å²) in [7, 11) is 0. The van der Waals surface area contributed by atoms with E-state index in [1.54, 1.807) is 0 Å². The normalized spacial score (nSPS) is 18.0. The highest BCUT2D eigenvalue weighted by Gasteiger charge is 2.44. The Morgan fingerprint density at radius 1 is 1.09 bits per heavy atom. The van der Waals surface area contributed by atoms with Crippen molar-refractivity contribution in [3.05, 3.63) is 53.6 Å². The van der Waals surface area contributed by atoms with E-state index >= 15 is 0 Å². The monoisotopic (exact) mass is 526 g/mol. The van der Waals surface area contributed by atoms with Gasteiger partial charge in [0, 0.05) is 29.9 Å². The fourth-order valence-corrected chi connectivity index (χ4v) is 3.59. The fraction of sp³-hybridized carbons (Fsp3) is 0.409. The van der Waals surface area contributed by atoms with E-state index in [1.165, 1.54) is 41.3 Å². The number of ether oxygens (including phenoxy) is 3. The summed E-state index contributed by atoms with van der Waals surface area (Å²) in [5.41, 5.74) is 0.212. The molecule has 1 unspecified atom stereocenters. The molecule has 2 aromatic rings. The highest BCUT2D eigenvalue weighted by atomic mass is 35.5. The molecule has 2 atom stereocenters. The van der Waals surface area contributed by atoms with E-state index in [4.69, 9.17) is 16.3 Å². The summed E-state index contributed by atoms with van der Waals surface area (Å²) in [6, 6.07) is 10.6. The number of hydrogen-bond donors (Lipinski definition) is 1. The lowest BCUT2D eigenvalue weighted by Gasteiger charge is -2.35. The molecule has 0 aliphatic carbocycles. The Hall–Kier alpha value is -2.86. The highest BCUT2D eigenvalue weighted by Crippen LogP contribution is 2.29. The third kappa shape index (κ3) is 9.02. The Bertz CT molecular complexity index is 987. The molecule has 1 heterocycles. The minimum atomic E-state index is -4.87. The summed E-state index contributed by atoms with van der Waals surface area (Å²) >= 11 is 5.74. The van der Waals surface area contributed by atoms with Crippen LogP contribution < -0.4 is 14.8 Å². The van der Waals surface area contributed by atoms with Gasteiger partial charge in [-0.05, 0) is 55.8 Å². The smallest absolute Gasteiger partial charge is 0.489 e. The van der Waals surface area contributed by atoms with Gasteiger partial charge >= 0.3 is 18.6 Å². The summed E-state index contributed by atoms with van der Waals surface area (Å²) in [5, 5.41) is 2.60. The second-order valence-electron chi connectivity index (χ2n) is 7.73. The van der Waals surface area contributed by atoms with Gasteiger partial charge in [-0.3, -0.25) is 10.2 Å². The maximum Gasteiger partial charge on any atom is 0.573 e. The zero-order valence-corrected chi connectivity index (χ0v) is 18.8. The van der Waals surface area contributed by atoms with Crippen LogP contribution in [0.5, 0.6) is 11.5 Å². The quantitative estimate of drug-likeness (QED) is 0.431. The van der Waals surface area contributed by atoms with E-state index in [9.17, 15) is 31.1 Å². The number of halogens is 7. The van der Waals surface area contributed by atoms with Crippen molar-refractivity contribution in [1.29, 1.82) is 0 Å². The van der Waals surface area contributed by atoms with Gasteiger partial charge in [-0.1, -0.05) is 17.7 Å². The summed E-state index contributed by atoms with van der Waals surface area (Å²) in [6.07, 6.45) is -13.0. The van der Waals surface area contributed by atoms with Crippen LogP contribution >= 0.6 is 11.6 Å². The van der Waals surface area contributed by atoms with Crippen LogP contribution in [-0.4, -0.2) is 55.4 Å². The van der Waals surface area contributed by atoms with Crippen LogP contribution in [-0.2, 0) is 4.74 Å². The van der Waals surface area contributed by atoms with Gasteiger partial charge < -0.3 is 14.2 Å². The Balaban J connectivity index is 1.58. The molecule has 13 heteroatoms. The average Bonchev–Trinajstić information content (AvgIpc) is 2.74. The third-order valence-electron chi connectivity index (χ3n) is 4.93. The molecule has 6 nitrogen and oxygen atoms in total. The molecule has 2 aromatic carbocycles. The number of alkyl halides is 6. The zero-order valence-electron chi connectivity index (χ0n) is 18.0. The van der Waals surface area contributed by atoms with Gasteiger partial charge in [-0.2, -0.15) is 13.2 Å². The van der Waals surface area contributed by atoms with Crippen LogP contribution in [0.25, 0.3) is 0 Å². The maximum atomic E-state index is 13.6. The van der Waals surface area contributed by atoms with Crippen molar-refractivity contribution in [3.8, 4) is 11.5 Å². The number of likely N-dealkylation sites (tertiary alicyclic amines) is 1. The van der Waals surface area contributed by atoms with Crippen molar-refractivity contribution in [2.75, 3.05) is 25.0 Å². The number of nitrogens with zero attached hydrogens (tertiary/aromatic N) is 1. The van der Waals surface area contributed by atoms with Gasteiger partial charge in [-0.25, -0.2) is 4.79 Å². The van der Waals surface area contributed by atoms with Crippen molar-refractivity contribution in [2.24, 2.45) is 0 Å². The number of piperidine rings is 1. The molecule has 0 spiro atoms. The lowest BCUT2D eigenvalue weighted by atomic mass is 10.1. The standard InChI is InChI=1S/C22H21ClF6N2O4/c23-14-6-8-15(9-7-14)30-20(32)34-19(21(24,25)26)13-31-10-2-5-18(12-31)33-16-3-1-4-17(11-16)35-22(27,28)29/h1,3-4,6-9,11,18-19H,2,5,10,12-13H2,(H,30,32)/t18-,19?/m0/s1. The summed E-state index contributed by atoms with van der Waals surface area (Å²) in [4.78, 5) is 13.5. The Morgan fingerprint density at radius 2 is 1.77 bits per heavy atom. The number of amides is 1. The molecule has 1 N–H and O–H groups in total. The number of benzene rings is 2. The van der Waals surface area contributed by atoms with Crippen molar-refractivity contribution in [1.82, 2.24) is 4.90 Å². The number of nitrogens with one attached hydrogen (secondary N) is 1. The highest BCUT2D eigenvalue weighted by molar-refractivity contribution is 6.30. The van der Waals surface area contributed by atoms with E-state index in [2.05, 4.69) is 14.8 Å². The first-order valence-electron chi connectivity index (χ1n) is 10.4. The minimum absolute atomic E-state index is 0.0547. The minimum Gasteiger partial charge on any atom is -0.489 e. The summed E-state index contributed by atoms with van der Waals surface area (Å²) in [6.45, 7) is -0.278. The predicted molar refractivity (Wildman–Crippen MR) is 115 cm³/mol. The van der Waals surface area contributed by atoms with Crippen LogP contribution in [0.2, 0.25) is 5.02 Å². The number of carbonyl (C=O) groups is 1. The zero-order chi connectivity index (χ0) is 25.6. The first-order valence-corrected chi connectivity index (χ1v) is 10.8. The SMILES string of the molecule is O=C(Nc1ccc(Cl)cc1)OC(CN1CCC[C@H](Oc2cccc(OC(F)(F)F)c2)C1)C(F)(F)F. The van der Waals surface area contributed by atoms with Gasteiger partial charge in [0.05, 0.1) is 0 Å². The van der Waals surface area contributed by atoms with Crippen molar-refractivity contribution >= 4 is 23.4 Å². The van der Waals surface area contributed by atoms with Crippen molar-refractivity contribution in [3.63, 3.8) is 0 Å². The summed E-state index contributed by atoms with van der Waals surface area (Å²) in [5.74, 6) is -0.385. The number of anilines is 1. The van der Waals surface area contributed by atoms with Crippen LogP contribution in [0.15, 0.2) is 48.5 Å². The van der Waals surface area contributed by atoms with E-state index in [-0.39, 0.29) is 18.0 Å². The van der Waals surface area contributed by atoms with Gasteiger partial charge in [0.2, 0.25) is 6.10 Å². The maximum absolute atomic E-state index is 13.6. The second-order valence-corrected chi connectivity index (χ2v) is 8.17.